The summed E-state index contributed by atoms with van der Waals surface area (Å²) in [7, 11) is 1.64. The van der Waals surface area contributed by atoms with Crippen molar-refractivity contribution < 1.29 is 9.13 Å². The molecule has 0 bridgehead atoms. The number of halogens is 1. The lowest BCUT2D eigenvalue weighted by atomic mass is 9.89. The van der Waals surface area contributed by atoms with Crippen molar-refractivity contribution in [3.63, 3.8) is 0 Å². The lowest BCUT2D eigenvalue weighted by Crippen LogP contribution is -2.01. The minimum absolute atomic E-state index is 0.278. The highest BCUT2D eigenvalue weighted by atomic mass is 19.1. The van der Waals surface area contributed by atoms with Gasteiger partial charge >= 0.3 is 0 Å². The molecule has 0 amide bonds. The van der Waals surface area contributed by atoms with Crippen LogP contribution in [0.15, 0.2) is 66.7 Å². The van der Waals surface area contributed by atoms with Gasteiger partial charge in [0.2, 0.25) is 0 Å². The van der Waals surface area contributed by atoms with E-state index in [1.807, 2.05) is 61.5 Å². The van der Waals surface area contributed by atoms with Gasteiger partial charge in [-0.05, 0) is 86.7 Å². The standard InChI is InChI=1S/C30H25FO/c1-22-8-10-23(11-9-22)13-17-27-19-18-26(16-12-24-14-20-28(32-2)21-15-24)29(30(27)31)25-6-4-3-5-7-25/h6,8-11,14-15,18-21H,3-5,7H2,1-2H3. The molecule has 0 aromatic heterocycles. The second kappa shape index (κ2) is 10.0. The number of benzene rings is 3. The summed E-state index contributed by atoms with van der Waals surface area (Å²) < 4.78 is 20.9. The van der Waals surface area contributed by atoms with Crippen LogP contribution in [0.5, 0.6) is 5.75 Å². The van der Waals surface area contributed by atoms with Gasteiger partial charge in [0.15, 0.2) is 0 Å². The maximum atomic E-state index is 15.7. The largest absolute Gasteiger partial charge is 0.497 e. The van der Waals surface area contributed by atoms with Crippen LogP contribution in [0, 0.1) is 36.4 Å². The zero-order valence-electron chi connectivity index (χ0n) is 18.5. The molecule has 2 heteroatoms. The Morgan fingerprint density at radius 2 is 1.38 bits per heavy atom. The molecular weight excluding hydrogens is 395 g/mol. The van der Waals surface area contributed by atoms with Crippen LogP contribution in [-0.4, -0.2) is 7.11 Å². The molecule has 4 rings (SSSR count). The molecular formula is C30H25FO. The molecule has 0 atom stereocenters. The predicted molar refractivity (Wildman–Crippen MR) is 129 cm³/mol. The fourth-order valence-electron chi connectivity index (χ4n) is 3.75. The zero-order valence-corrected chi connectivity index (χ0v) is 18.5. The lowest BCUT2D eigenvalue weighted by molar-refractivity contribution is 0.415. The van der Waals surface area contributed by atoms with Gasteiger partial charge in [-0.1, -0.05) is 47.5 Å². The molecule has 32 heavy (non-hydrogen) atoms. The van der Waals surface area contributed by atoms with E-state index in [0.29, 0.717) is 16.7 Å². The molecule has 3 aromatic rings. The Bertz CT molecular complexity index is 1260. The molecule has 1 nitrogen and oxygen atoms in total. The average Bonchev–Trinajstić information content (AvgIpc) is 2.84. The maximum Gasteiger partial charge on any atom is 0.147 e. The molecule has 0 fully saturated rings. The molecule has 0 heterocycles. The Labute approximate surface area is 190 Å². The van der Waals surface area contributed by atoms with Crippen LogP contribution in [0.3, 0.4) is 0 Å². The van der Waals surface area contributed by atoms with E-state index in [2.05, 4.69) is 29.8 Å². The smallest absolute Gasteiger partial charge is 0.147 e. The third-order valence-electron chi connectivity index (χ3n) is 5.58. The second-order valence-corrected chi connectivity index (χ2v) is 7.92. The number of methoxy groups -OCH3 is 1. The molecule has 0 spiro atoms. The minimum atomic E-state index is -0.278. The number of ether oxygens (including phenoxy) is 1. The van der Waals surface area contributed by atoms with E-state index in [4.69, 9.17) is 4.74 Å². The van der Waals surface area contributed by atoms with E-state index in [1.54, 1.807) is 13.2 Å². The molecule has 1 aliphatic rings. The summed E-state index contributed by atoms with van der Waals surface area (Å²) in [5, 5.41) is 0. The fourth-order valence-corrected chi connectivity index (χ4v) is 3.75. The Kier molecular flexibility index (Phi) is 6.74. The molecule has 0 unspecified atom stereocenters. The predicted octanol–water partition coefficient (Wildman–Crippen LogP) is 6.90. The SMILES string of the molecule is COc1ccc(C#Cc2ccc(C#Cc3ccc(C)cc3)c(F)c2C2=CCCCC2)cc1. The highest BCUT2D eigenvalue weighted by Crippen LogP contribution is 2.32. The van der Waals surface area contributed by atoms with Gasteiger partial charge in [-0.25, -0.2) is 4.39 Å². The van der Waals surface area contributed by atoms with E-state index >= 15 is 4.39 Å². The van der Waals surface area contributed by atoms with Crippen molar-refractivity contribution in [2.24, 2.45) is 0 Å². The number of rotatable bonds is 2. The van der Waals surface area contributed by atoms with Crippen molar-refractivity contribution in [3.8, 4) is 29.4 Å². The van der Waals surface area contributed by atoms with Crippen molar-refractivity contribution in [2.45, 2.75) is 32.6 Å². The minimum Gasteiger partial charge on any atom is -0.497 e. The van der Waals surface area contributed by atoms with Gasteiger partial charge in [0.05, 0.1) is 12.7 Å². The van der Waals surface area contributed by atoms with E-state index in [9.17, 15) is 0 Å². The normalized spacial score (nSPS) is 12.7. The summed E-state index contributed by atoms with van der Waals surface area (Å²) in [6.07, 6.45) is 6.20. The maximum absolute atomic E-state index is 15.7. The first kappa shape index (κ1) is 21.5. The third kappa shape index (κ3) is 5.11. The fraction of sp³-hybridized carbons (Fsp3) is 0.200. The summed E-state index contributed by atoms with van der Waals surface area (Å²) >= 11 is 0. The number of hydrogen-bond donors (Lipinski definition) is 0. The Morgan fingerprint density at radius 1 is 0.750 bits per heavy atom. The van der Waals surface area contributed by atoms with Crippen molar-refractivity contribution >= 4 is 5.57 Å². The average molecular weight is 421 g/mol. The molecule has 0 radical (unpaired) electrons. The van der Waals surface area contributed by atoms with Crippen molar-refractivity contribution in [3.05, 3.63) is 106 Å². The molecule has 0 saturated carbocycles. The zero-order chi connectivity index (χ0) is 22.3. The van der Waals surface area contributed by atoms with Crippen molar-refractivity contribution in [1.29, 1.82) is 0 Å². The second-order valence-electron chi connectivity index (χ2n) is 7.92. The van der Waals surface area contributed by atoms with Gasteiger partial charge in [0, 0.05) is 22.3 Å². The molecule has 0 N–H and O–H groups in total. The lowest BCUT2D eigenvalue weighted by Gasteiger charge is -2.16. The van der Waals surface area contributed by atoms with Gasteiger partial charge in [-0.15, -0.1) is 0 Å². The van der Waals surface area contributed by atoms with Crippen molar-refractivity contribution in [1.82, 2.24) is 0 Å². The quantitative estimate of drug-likeness (QED) is 0.410. The molecule has 0 saturated heterocycles. The van der Waals surface area contributed by atoms with Crippen LogP contribution in [0.4, 0.5) is 4.39 Å². The Balaban J connectivity index is 1.74. The van der Waals surface area contributed by atoms with Gasteiger partial charge in [-0.2, -0.15) is 0 Å². The van der Waals surface area contributed by atoms with E-state index in [1.165, 1.54) is 5.56 Å². The summed E-state index contributed by atoms with van der Waals surface area (Å²) in [6, 6.07) is 19.1. The van der Waals surface area contributed by atoms with Gasteiger partial charge < -0.3 is 4.74 Å². The van der Waals surface area contributed by atoms with Gasteiger partial charge in [0.1, 0.15) is 11.6 Å². The van der Waals surface area contributed by atoms with Crippen LogP contribution in [-0.2, 0) is 0 Å². The van der Waals surface area contributed by atoms with E-state index in [0.717, 1.165) is 48.1 Å². The molecule has 1 aliphatic carbocycles. The third-order valence-corrected chi connectivity index (χ3v) is 5.58. The van der Waals surface area contributed by atoms with Crippen LogP contribution < -0.4 is 4.74 Å². The number of allylic oxidation sites excluding steroid dienone is 2. The van der Waals surface area contributed by atoms with Crippen LogP contribution >= 0.6 is 0 Å². The Hall–Kier alpha value is -3.75. The highest BCUT2D eigenvalue weighted by molar-refractivity contribution is 5.74. The molecule has 3 aromatic carbocycles. The molecule has 158 valence electrons. The first-order valence-electron chi connectivity index (χ1n) is 10.9. The Morgan fingerprint density at radius 3 is 2.00 bits per heavy atom. The summed E-state index contributed by atoms with van der Waals surface area (Å²) in [5.41, 5.74) is 5.64. The summed E-state index contributed by atoms with van der Waals surface area (Å²) in [6.45, 7) is 2.03. The molecule has 0 aliphatic heterocycles. The van der Waals surface area contributed by atoms with Crippen LogP contribution in [0.2, 0.25) is 0 Å². The first-order chi connectivity index (χ1) is 15.6. The summed E-state index contributed by atoms with van der Waals surface area (Å²) in [5.74, 6) is 13.0. The van der Waals surface area contributed by atoms with Crippen LogP contribution in [0.1, 0.15) is 59.1 Å². The number of aryl methyl sites for hydroxylation is 1. The topological polar surface area (TPSA) is 9.23 Å². The van der Waals surface area contributed by atoms with Crippen molar-refractivity contribution in [2.75, 3.05) is 7.11 Å². The van der Waals surface area contributed by atoms with E-state index < -0.39 is 0 Å². The monoisotopic (exact) mass is 420 g/mol. The first-order valence-corrected chi connectivity index (χ1v) is 10.9. The van der Waals surface area contributed by atoms with E-state index in [-0.39, 0.29) is 5.82 Å². The number of hydrogen-bond acceptors (Lipinski definition) is 1. The summed E-state index contributed by atoms with van der Waals surface area (Å²) in [4.78, 5) is 0. The van der Waals surface area contributed by atoms with Gasteiger partial charge in [-0.3, -0.25) is 0 Å². The van der Waals surface area contributed by atoms with Crippen LogP contribution in [0.25, 0.3) is 5.57 Å². The van der Waals surface area contributed by atoms with Gasteiger partial charge in [0.25, 0.3) is 0 Å². The highest BCUT2D eigenvalue weighted by Gasteiger charge is 2.17.